The summed E-state index contributed by atoms with van der Waals surface area (Å²) in [4.78, 5) is 11.7. The van der Waals surface area contributed by atoms with Gasteiger partial charge in [-0.15, -0.1) is 0 Å². The predicted octanol–water partition coefficient (Wildman–Crippen LogP) is 2.60. The van der Waals surface area contributed by atoms with Gasteiger partial charge in [0.05, 0.1) is 11.2 Å². The SMILES string of the molecule is Cc1cc(C(=O)N/N=C\c2cc(Br)cc(Cl)c2O)n[nH]1. The van der Waals surface area contributed by atoms with Gasteiger partial charge in [-0.05, 0) is 25.1 Å². The van der Waals surface area contributed by atoms with Crippen LogP contribution in [0.2, 0.25) is 5.02 Å². The first-order valence-corrected chi connectivity index (χ1v) is 6.68. The van der Waals surface area contributed by atoms with E-state index in [4.69, 9.17) is 11.6 Å². The molecule has 0 fully saturated rings. The molecule has 1 heterocycles. The number of rotatable bonds is 3. The molecular weight excluding hydrogens is 348 g/mol. The van der Waals surface area contributed by atoms with E-state index in [0.717, 1.165) is 5.69 Å². The van der Waals surface area contributed by atoms with Gasteiger partial charge in [-0.2, -0.15) is 10.2 Å². The van der Waals surface area contributed by atoms with Crippen molar-refractivity contribution in [2.75, 3.05) is 0 Å². The first-order valence-electron chi connectivity index (χ1n) is 5.51. The van der Waals surface area contributed by atoms with Crippen molar-refractivity contribution in [3.8, 4) is 5.75 Å². The zero-order valence-electron chi connectivity index (χ0n) is 10.3. The number of carbonyl (C=O) groups excluding carboxylic acids is 1. The van der Waals surface area contributed by atoms with Crippen LogP contribution < -0.4 is 5.43 Å². The van der Waals surface area contributed by atoms with Gasteiger partial charge in [0, 0.05) is 15.7 Å². The maximum Gasteiger partial charge on any atom is 0.291 e. The molecule has 0 saturated carbocycles. The Morgan fingerprint density at radius 2 is 2.30 bits per heavy atom. The molecule has 0 spiro atoms. The molecule has 2 rings (SSSR count). The fourth-order valence-corrected chi connectivity index (χ4v) is 2.27. The summed E-state index contributed by atoms with van der Waals surface area (Å²) in [6.45, 7) is 1.79. The third kappa shape index (κ3) is 3.37. The Morgan fingerprint density at radius 3 is 2.95 bits per heavy atom. The number of nitrogens with zero attached hydrogens (tertiary/aromatic N) is 2. The number of halogens is 2. The second kappa shape index (κ2) is 6.06. The van der Waals surface area contributed by atoms with E-state index in [1.165, 1.54) is 6.21 Å². The number of nitrogens with one attached hydrogen (secondary N) is 2. The van der Waals surface area contributed by atoms with E-state index < -0.39 is 5.91 Å². The maximum absolute atomic E-state index is 11.7. The number of aromatic amines is 1. The molecular formula is C12H10BrClN4O2. The van der Waals surface area contributed by atoms with Crippen LogP contribution in [-0.2, 0) is 0 Å². The van der Waals surface area contributed by atoms with E-state index in [-0.39, 0.29) is 16.5 Å². The van der Waals surface area contributed by atoms with E-state index in [2.05, 4.69) is 36.7 Å². The van der Waals surface area contributed by atoms with E-state index >= 15 is 0 Å². The largest absolute Gasteiger partial charge is 0.506 e. The lowest BCUT2D eigenvalue weighted by Gasteiger charge is -2.02. The van der Waals surface area contributed by atoms with Crippen molar-refractivity contribution in [3.63, 3.8) is 0 Å². The summed E-state index contributed by atoms with van der Waals surface area (Å²) in [5.41, 5.74) is 3.69. The Balaban J connectivity index is 2.09. The van der Waals surface area contributed by atoms with Crippen molar-refractivity contribution in [2.24, 2.45) is 5.10 Å². The Morgan fingerprint density at radius 1 is 1.55 bits per heavy atom. The minimum absolute atomic E-state index is 0.108. The van der Waals surface area contributed by atoms with Gasteiger partial charge < -0.3 is 5.11 Å². The summed E-state index contributed by atoms with van der Waals surface area (Å²) < 4.78 is 0.691. The minimum atomic E-state index is -0.453. The van der Waals surface area contributed by atoms with Crippen molar-refractivity contribution in [2.45, 2.75) is 6.92 Å². The van der Waals surface area contributed by atoms with E-state index in [0.29, 0.717) is 10.0 Å². The number of hydrazone groups is 1. The van der Waals surface area contributed by atoms with Crippen LogP contribution in [0.5, 0.6) is 5.75 Å². The summed E-state index contributed by atoms with van der Waals surface area (Å²) in [6.07, 6.45) is 1.30. The van der Waals surface area contributed by atoms with Gasteiger partial charge in [-0.25, -0.2) is 5.43 Å². The molecule has 0 saturated heterocycles. The van der Waals surface area contributed by atoms with Crippen molar-refractivity contribution < 1.29 is 9.90 Å². The molecule has 0 aliphatic rings. The maximum atomic E-state index is 11.7. The lowest BCUT2D eigenvalue weighted by molar-refractivity contribution is 0.0950. The number of carbonyl (C=O) groups is 1. The summed E-state index contributed by atoms with van der Waals surface area (Å²) in [7, 11) is 0. The van der Waals surface area contributed by atoms with Gasteiger partial charge in [0.15, 0.2) is 5.69 Å². The number of benzene rings is 1. The Kier molecular flexibility index (Phi) is 4.41. The first-order chi connectivity index (χ1) is 9.47. The van der Waals surface area contributed by atoms with Gasteiger partial charge in [0.1, 0.15) is 5.75 Å². The molecule has 0 aliphatic carbocycles. The number of hydrogen-bond acceptors (Lipinski definition) is 4. The van der Waals surface area contributed by atoms with Gasteiger partial charge in [0.2, 0.25) is 0 Å². The normalized spacial score (nSPS) is 10.9. The van der Waals surface area contributed by atoms with Gasteiger partial charge >= 0.3 is 0 Å². The average Bonchev–Trinajstić information content (AvgIpc) is 2.81. The van der Waals surface area contributed by atoms with Crippen LogP contribution in [-0.4, -0.2) is 27.4 Å². The molecule has 1 aromatic heterocycles. The number of amides is 1. The molecule has 0 bridgehead atoms. The Labute approximate surface area is 128 Å². The van der Waals surface area contributed by atoms with Crippen LogP contribution in [0.1, 0.15) is 21.7 Å². The number of hydrogen-bond donors (Lipinski definition) is 3. The quantitative estimate of drug-likeness (QED) is 0.582. The topological polar surface area (TPSA) is 90.4 Å². The van der Waals surface area contributed by atoms with Gasteiger partial charge in [0.25, 0.3) is 5.91 Å². The number of aromatic nitrogens is 2. The Hall–Kier alpha value is -1.86. The molecule has 8 heteroatoms. The smallest absolute Gasteiger partial charge is 0.291 e. The fourth-order valence-electron chi connectivity index (χ4n) is 1.44. The lowest BCUT2D eigenvalue weighted by atomic mass is 10.2. The van der Waals surface area contributed by atoms with Crippen LogP contribution in [0.15, 0.2) is 27.8 Å². The molecule has 0 atom stereocenters. The molecule has 1 amide bonds. The third-order valence-electron chi connectivity index (χ3n) is 2.37. The number of phenolic OH excluding ortho intramolecular Hbond substituents is 1. The summed E-state index contributed by atoms with van der Waals surface area (Å²) in [5.74, 6) is -0.560. The van der Waals surface area contributed by atoms with E-state index in [1.54, 1.807) is 25.1 Å². The highest BCUT2D eigenvalue weighted by Crippen LogP contribution is 2.30. The summed E-state index contributed by atoms with van der Waals surface area (Å²) in [5, 5.41) is 20.1. The Bertz CT molecular complexity index is 684. The van der Waals surface area contributed by atoms with Crippen LogP contribution in [0.3, 0.4) is 0 Å². The minimum Gasteiger partial charge on any atom is -0.506 e. The molecule has 3 N–H and O–H groups in total. The highest BCUT2D eigenvalue weighted by atomic mass is 79.9. The van der Waals surface area contributed by atoms with Crippen LogP contribution in [0, 0.1) is 6.92 Å². The van der Waals surface area contributed by atoms with Crippen LogP contribution in [0.4, 0.5) is 0 Å². The van der Waals surface area contributed by atoms with Crippen molar-refractivity contribution >= 4 is 39.7 Å². The van der Waals surface area contributed by atoms with Gasteiger partial charge in [-0.3, -0.25) is 9.89 Å². The van der Waals surface area contributed by atoms with E-state index in [9.17, 15) is 9.90 Å². The lowest BCUT2D eigenvalue weighted by Crippen LogP contribution is -2.18. The van der Waals surface area contributed by atoms with Crippen molar-refractivity contribution in [1.29, 1.82) is 0 Å². The van der Waals surface area contributed by atoms with Crippen molar-refractivity contribution in [1.82, 2.24) is 15.6 Å². The van der Waals surface area contributed by atoms with Gasteiger partial charge in [-0.1, -0.05) is 27.5 Å². The fraction of sp³-hybridized carbons (Fsp3) is 0.0833. The zero-order valence-corrected chi connectivity index (χ0v) is 12.7. The molecule has 2 aromatic rings. The molecule has 0 unspecified atom stereocenters. The summed E-state index contributed by atoms with van der Waals surface area (Å²) in [6, 6.07) is 4.77. The highest BCUT2D eigenvalue weighted by Gasteiger charge is 2.08. The second-order valence-electron chi connectivity index (χ2n) is 3.96. The average molecular weight is 358 g/mol. The molecule has 0 aliphatic heterocycles. The number of phenols is 1. The van der Waals surface area contributed by atoms with Crippen LogP contribution >= 0.6 is 27.5 Å². The molecule has 1 aromatic carbocycles. The molecule has 0 radical (unpaired) electrons. The zero-order chi connectivity index (χ0) is 14.7. The number of aromatic hydroxyl groups is 1. The standard InChI is InChI=1S/C12H10BrClN4O2/c1-6-2-10(17-16-6)12(20)18-15-5-7-3-8(13)4-9(14)11(7)19/h2-5,19H,1H3,(H,16,17)(H,18,20)/b15-5-. The second-order valence-corrected chi connectivity index (χ2v) is 5.28. The predicted molar refractivity (Wildman–Crippen MR) is 79.2 cm³/mol. The molecule has 104 valence electrons. The third-order valence-corrected chi connectivity index (χ3v) is 3.11. The highest BCUT2D eigenvalue weighted by molar-refractivity contribution is 9.10. The number of H-pyrrole nitrogens is 1. The molecule has 6 nitrogen and oxygen atoms in total. The number of aryl methyl sites for hydroxylation is 1. The van der Waals surface area contributed by atoms with Crippen LogP contribution in [0.25, 0.3) is 0 Å². The summed E-state index contributed by atoms with van der Waals surface area (Å²) >= 11 is 9.06. The first kappa shape index (κ1) is 14.5. The van der Waals surface area contributed by atoms with E-state index in [1.807, 2.05) is 0 Å². The molecule has 20 heavy (non-hydrogen) atoms. The van der Waals surface area contributed by atoms with Crippen molar-refractivity contribution in [3.05, 3.63) is 44.6 Å². The monoisotopic (exact) mass is 356 g/mol.